The maximum Gasteiger partial charge on any atom is 0.414 e. The van der Waals surface area contributed by atoms with Gasteiger partial charge in [-0.15, -0.1) is 0 Å². The zero-order valence-corrected chi connectivity index (χ0v) is 9.64. The highest BCUT2D eigenvalue weighted by Gasteiger charge is 2.37. The van der Waals surface area contributed by atoms with Crippen molar-refractivity contribution in [3.63, 3.8) is 0 Å². The molecule has 1 rings (SSSR count). The lowest BCUT2D eigenvalue weighted by molar-refractivity contribution is -0.217. The van der Waals surface area contributed by atoms with Crippen molar-refractivity contribution < 1.29 is 17.9 Å². The lowest BCUT2D eigenvalue weighted by atomic mass is 10.3. The summed E-state index contributed by atoms with van der Waals surface area (Å²) in [5.74, 6) is 5.42. The lowest BCUT2D eigenvalue weighted by Gasteiger charge is -2.16. The van der Waals surface area contributed by atoms with Gasteiger partial charge in [0.25, 0.3) is 0 Å². The maximum absolute atomic E-state index is 12.2. The Balaban J connectivity index is 2.69. The van der Waals surface area contributed by atoms with Crippen molar-refractivity contribution in [1.29, 1.82) is 0 Å². The van der Waals surface area contributed by atoms with Crippen LogP contribution in [0.1, 0.15) is 12.6 Å². The molecule has 0 aliphatic rings. The predicted octanol–water partition coefficient (Wildman–Crippen LogP) is 2.49. The zero-order chi connectivity index (χ0) is 13.1. The second-order valence-corrected chi connectivity index (χ2v) is 3.67. The second kappa shape index (κ2) is 5.52. The van der Waals surface area contributed by atoms with Gasteiger partial charge in [0.15, 0.2) is 6.10 Å². The Labute approximate surface area is 101 Å². The molecule has 1 atom stereocenters. The summed E-state index contributed by atoms with van der Waals surface area (Å²) in [7, 11) is 0. The smallest absolute Gasteiger partial charge is 0.363 e. The molecule has 1 heterocycles. The number of rotatable bonds is 4. The molecule has 1 aromatic heterocycles. The Morgan fingerprint density at radius 2 is 2.18 bits per heavy atom. The van der Waals surface area contributed by atoms with E-state index in [1.54, 1.807) is 0 Å². The minimum absolute atomic E-state index is 0.193. The van der Waals surface area contributed by atoms with Gasteiger partial charge in [-0.05, 0) is 19.1 Å². The number of nitrogens with one attached hydrogen (secondary N) is 1. The number of ether oxygens (including phenoxy) is 1. The first-order chi connectivity index (χ1) is 7.84. The molecule has 1 unspecified atom stereocenters. The molecular weight excluding hydrogens is 259 g/mol. The van der Waals surface area contributed by atoms with Gasteiger partial charge < -0.3 is 10.2 Å². The van der Waals surface area contributed by atoms with Crippen LogP contribution < -0.4 is 11.3 Å². The predicted molar refractivity (Wildman–Crippen MR) is 57.4 cm³/mol. The van der Waals surface area contributed by atoms with Crippen molar-refractivity contribution in [2.45, 2.75) is 25.8 Å². The SMILES string of the molecule is CC(OCc1nc(NN)ccc1Cl)C(F)(F)F. The first-order valence-corrected chi connectivity index (χ1v) is 5.02. The molecule has 17 heavy (non-hydrogen) atoms. The van der Waals surface area contributed by atoms with E-state index in [0.29, 0.717) is 5.82 Å². The van der Waals surface area contributed by atoms with Crippen LogP contribution in [0.3, 0.4) is 0 Å². The van der Waals surface area contributed by atoms with E-state index in [1.165, 1.54) is 12.1 Å². The molecule has 96 valence electrons. The average Bonchev–Trinajstić information content (AvgIpc) is 2.26. The van der Waals surface area contributed by atoms with Crippen LogP contribution in [0.5, 0.6) is 0 Å². The summed E-state index contributed by atoms with van der Waals surface area (Å²) < 4.78 is 41.2. The topological polar surface area (TPSA) is 60.2 Å². The van der Waals surface area contributed by atoms with Gasteiger partial charge in [-0.3, -0.25) is 0 Å². The monoisotopic (exact) mass is 269 g/mol. The number of nitrogen functional groups attached to an aromatic ring is 1. The van der Waals surface area contributed by atoms with Crippen LogP contribution in [0, 0.1) is 0 Å². The van der Waals surface area contributed by atoms with Crippen molar-refractivity contribution in [1.82, 2.24) is 4.98 Å². The van der Waals surface area contributed by atoms with Crippen molar-refractivity contribution in [2.75, 3.05) is 5.43 Å². The Hall–Kier alpha value is -1.05. The largest absolute Gasteiger partial charge is 0.414 e. The summed E-state index contributed by atoms with van der Waals surface area (Å²) in [4.78, 5) is 3.88. The highest BCUT2D eigenvalue weighted by atomic mass is 35.5. The number of aromatic nitrogens is 1. The van der Waals surface area contributed by atoms with E-state index < -0.39 is 12.3 Å². The molecule has 0 radical (unpaired) electrons. The molecule has 0 aromatic carbocycles. The van der Waals surface area contributed by atoms with E-state index in [1.807, 2.05) is 0 Å². The molecule has 8 heteroatoms. The Kier molecular flexibility index (Phi) is 4.55. The van der Waals surface area contributed by atoms with E-state index in [9.17, 15) is 13.2 Å². The van der Waals surface area contributed by atoms with Crippen molar-refractivity contribution in [3.05, 3.63) is 22.8 Å². The third kappa shape index (κ3) is 4.03. The molecule has 0 saturated carbocycles. The summed E-state index contributed by atoms with van der Waals surface area (Å²) in [6.45, 7) is 0.577. The summed E-state index contributed by atoms with van der Waals surface area (Å²) in [5, 5.41) is 0.221. The van der Waals surface area contributed by atoms with Gasteiger partial charge in [0.1, 0.15) is 5.82 Å². The number of hydrogen-bond acceptors (Lipinski definition) is 4. The fraction of sp³-hybridized carbons (Fsp3) is 0.444. The van der Waals surface area contributed by atoms with Crippen LogP contribution in [-0.2, 0) is 11.3 Å². The van der Waals surface area contributed by atoms with Crippen LogP contribution >= 0.6 is 11.6 Å². The highest BCUT2D eigenvalue weighted by Crippen LogP contribution is 2.24. The van der Waals surface area contributed by atoms with Crippen molar-refractivity contribution in [3.8, 4) is 0 Å². The second-order valence-electron chi connectivity index (χ2n) is 3.26. The quantitative estimate of drug-likeness (QED) is 0.651. The standard InChI is InChI=1S/C9H11ClF3N3O/c1-5(9(11,12)13)17-4-7-6(10)2-3-8(15-7)16-14/h2-3,5H,4,14H2,1H3,(H,15,16). The Morgan fingerprint density at radius 3 is 2.71 bits per heavy atom. The molecule has 0 amide bonds. The number of halogens is 4. The third-order valence-electron chi connectivity index (χ3n) is 2.00. The summed E-state index contributed by atoms with van der Waals surface area (Å²) in [6, 6.07) is 2.97. The van der Waals surface area contributed by atoms with E-state index in [0.717, 1.165) is 6.92 Å². The summed E-state index contributed by atoms with van der Waals surface area (Å²) >= 11 is 5.76. The van der Waals surface area contributed by atoms with Crippen molar-refractivity contribution in [2.24, 2.45) is 5.84 Å². The molecular formula is C9H11ClF3N3O. The van der Waals surface area contributed by atoms with Crippen LogP contribution in [0.15, 0.2) is 12.1 Å². The molecule has 3 N–H and O–H groups in total. The molecule has 0 bridgehead atoms. The normalized spacial score (nSPS) is 13.5. The maximum atomic E-state index is 12.2. The van der Waals surface area contributed by atoms with Gasteiger partial charge in [0.05, 0.1) is 17.3 Å². The number of pyridine rings is 1. The first-order valence-electron chi connectivity index (χ1n) is 4.65. The van der Waals surface area contributed by atoms with E-state index in [-0.39, 0.29) is 17.3 Å². The number of anilines is 1. The number of nitrogens with zero attached hydrogens (tertiary/aromatic N) is 1. The van der Waals surface area contributed by atoms with Gasteiger partial charge in [-0.2, -0.15) is 13.2 Å². The van der Waals surface area contributed by atoms with E-state index >= 15 is 0 Å². The number of hydrazine groups is 1. The van der Waals surface area contributed by atoms with E-state index in [4.69, 9.17) is 17.4 Å². The zero-order valence-electron chi connectivity index (χ0n) is 8.88. The van der Waals surface area contributed by atoms with Gasteiger partial charge in [0.2, 0.25) is 0 Å². The minimum atomic E-state index is -4.41. The number of hydrogen-bond donors (Lipinski definition) is 2. The summed E-state index contributed by atoms with van der Waals surface area (Å²) in [6.07, 6.45) is -6.29. The summed E-state index contributed by atoms with van der Waals surface area (Å²) in [5.41, 5.74) is 2.46. The Bertz CT molecular complexity index is 386. The molecule has 0 aliphatic heterocycles. The number of alkyl halides is 3. The number of nitrogens with two attached hydrogens (primary N) is 1. The van der Waals surface area contributed by atoms with Gasteiger partial charge in [0, 0.05) is 0 Å². The first kappa shape index (κ1) is 14.0. The van der Waals surface area contributed by atoms with E-state index in [2.05, 4.69) is 15.1 Å². The van der Waals surface area contributed by atoms with Crippen LogP contribution in [-0.4, -0.2) is 17.3 Å². The fourth-order valence-corrected chi connectivity index (χ4v) is 1.12. The van der Waals surface area contributed by atoms with Crippen LogP contribution in [0.4, 0.5) is 19.0 Å². The Morgan fingerprint density at radius 1 is 1.53 bits per heavy atom. The van der Waals surface area contributed by atoms with Crippen LogP contribution in [0.2, 0.25) is 5.02 Å². The minimum Gasteiger partial charge on any atom is -0.363 e. The molecule has 0 saturated heterocycles. The fourth-order valence-electron chi connectivity index (χ4n) is 0.964. The van der Waals surface area contributed by atoms with Gasteiger partial charge in [-0.25, -0.2) is 10.8 Å². The van der Waals surface area contributed by atoms with Gasteiger partial charge in [-0.1, -0.05) is 11.6 Å². The van der Waals surface area contributed by atoms with Gasteiger partial charge >= 0.3 is 6.18 Å². The third-order valence-corrected chi connectivity index (χ3v) is 2.34. The molecule has 4 nitrogen and oxygen atoms in total. The van der Waals surface area contributed by atoms with Crippen LogP contribution in [0.25, 0.3) is 0 Å². The molecule has 0 aliphatic carbocycles. The van der Waals surface area contributed by atoms with Crippen molar-refractivity contribution >= 4 is 17.4 Å². The highest BCUT2D eigenvalue weighted by molar-refractivity contribution is 6.31. The lowest BCUT2D eigenvalue weighted by Crippen LogP contribution is -2.28. The molecule has 0 spiro atoms. The molecule has 1 aromatic rings. The molecule has 0 fully saturated rings. The average molecular weight is 270 g/mol.